The number of nitrogens with two attached hydrogens (primary N) is 1. The number of ether oxygens (including phenoxy) is 1. The van der Waals surface area contributed by atoms with Crippen LogP contribution in [-0.4, -0.2) is 62.7 Å². The molecule has 0 atom stereocenters. The van der Waals surface area contributed by atoms with Gasteiger partial charge in [-0.1, -0.05) is 0 Å². The van der Waals surface area contributed by atoms with Crippen LogP contribution in [0.4, 0.5) is 0 Å². The maximum Gasteiger partial charge on any atom is 0.257 e. The lowest BCUT2D eigenvalue weighted by Gasteiger charge is -2.30. The molecule has 2 aliphatic rings. The third-order valence-corrected chi connectivity index (χ3v) is 7.43. The number of amides is 2. The molecule has 0 spiro atoms. The smallest absolute Gasteiger partial charge is 0.257 e. The van der Waals surface area contributed by atoms with Crippen molar-refractivity contribution in [3.8, 4) is 5.75 Å². The molecule has 2 saturated heterocycles. The summed E-state index contributed by atoms with van der Waals surface area (Å²) in [7, 11) is -2.30. The fourth-order valence-corrected chi connectivity index (χ4v) is 5.31. The van der Waals surface area contributed by atoms with Crippen LogP contribution in [-0.2, 0) is 14.8 Å². The van der Waals surface area contributed by atoms with Crippen molar-refractivity contribution >= 4 is 21.8 Å². The zero-order valence-corrected chi connectivity index (χ0v) is 16.9. The average molecular weight is 410 g/mol. The monoisotopic (exact) mass is 409 g/mol. The summed E-state index contributed by atoms with van der Waals surface area (Å²) >= 11 is 0. The van der Waals surface area contributed by atoms with Crippen molar-refractivity contribution in [3.63, 3.8) is 0 Å². The van der Waals surface area contributed by atoms with Crippen molar-refractivity contribution in [2.45, 2.75) is 37.0 Å². The van der Waals surface area contributed by atoms with E-state index in [0.29, 0.717) is 31.7 Å². The first-order chi connectivity index (χ1) is 13.3. The van der Waals surface area contributed by atoms with Crippen LogP contribution in [0.5, 0.6) is 5.75 Å². The number of sulfonamides is 1. The Balaban J connectivity index is 1.85. The highest BCUT2D eigenvalue weighted by Crippen LogP contribution is 2.29. The summed E-state index contributed by atoms with van der Waals surface area (Å²) in [5.74, 6) is -0.530. The number of methoxy groups -OCH3 is 1. The molecule has 1 aromatic rings. The predicted octanol–water partition coefficient (Wildman–Crippen LogP) is 1.21. The summed E-state index contributed by atoms with van der Waals surface area (Å²) in [6.07, 6.45) is 3.80. The average Bonchev–Trinajstić information content (AvgIpc) is 2.73. The summed E-state index contributed by atoms with van der Waals surface area (Å²) < 4.78 is 32.8. The second kappa shape index (κ2) is 8.48. The Morgan fingerprint density at radius 3 is 2.29 bits per heavy atom. The number of likely N-dealkylation sites (tertiary alicyclic amines) is 1. The highest BCUT2D eigenvalue weighted by molar-refractivity contribution is 7.89. The van der Waals surface area contributed by atoms with Crippen LogP contribution in [0.1, 0.15) is 42.5 Å². The van der Waals surface area contributed by atoms with E-state index >= 15 is 0 Å². The van der Waals surface area contributed by atoms with Gasteiger partial charge in [-0.2, -0.15) is 4.31 Å². The van der Waals surface area contributed by atoms with Crippen molar-refractivity contribution in [1.29, 1.82) is 0 Å². The molecule has 28 heavy (non-hydrogen) atoms. The van der Waals surface area contributed by atoms with Gasteiger partial charge in [0.2, 0.25) is 15.9 Å². The Hall–Kier alpha value is -2.13. The minimum atomic E-state index is -3.77. The Bertz CT molecular complexity index is 841. The molecule has 2 heterocycles. The number of hydrogen-bond donors (Lipinski definition) is 1. The van der Waals surface area contributed by atoms with Gasteiger partial charge in [0.15, 0.2) is 0 Å². The summed E-state index contributed by atoms with van der Waals surface area (Å²) in [5.41, 5.74) is 5.59. The maximum atomic E-state index is 13.1. The third-order valence-electron chi connectivity index (χ3n) is 5.54. The van der Waals surface area contributed by atoms with Gasteiger partial charge in [0, 0.05) is 32.1 Å². The Morgan fingerprint density at radius 1 is 1.07 bits per heavy atom. The molecule has 2 aliphatic heterocycles. The van der Waals surface area contributed by atoms with E-state index in [1.165, 1.54) is 29.6 Å². The molecule has 0 aromatic heterocycles. The molecule has 154 valence electrons. The van der Waals surface area contributed by atoms with E-state index in [9.17, 15) is 18.0 Å². The molecule has 0 bridgehead atoms. The topological polar surface area (TPSA) is 110 Å². The number of carbonyl (C=O) groups excluding carboxylic acids is 2. The molecule has 3 rings (SSSR count). The molecular weight excluding hydrogens is 382 g/mol. The fourth-order valence-electron chi connectivity index (χ4n) is 3.81. The number of carbonyl (C=O) groups is 2. The van der Waals surface area contributed by atoms with E-state index in [1.807, 2.05) is 0 Å². The number of primary amides is 1. The number of rotatable bonds is 5. The lowest BCUT2D eigenvalue weighted by Crippen LogP contribution is -2.41. The van der Waals surface area contributed by atoms with Crippen molar-refractivity contribution in [2.24, 2.45) is 11.7 Å². The molecule has 2 N–H and O–H groups in total. The van der Waals surface area contributed by atoms with Gasteiger partial charge in [0.25, 0.3) is 5.91 Å². The van der Waals surface area contributed by atoms with E-state index in [4.69, 9.17) is 10.5 Å². The summed E-state index contributed by atoms with van der Waals surface area (Å²) in [6, 6.07) is 4.40. The van der Waals surface area contributed by atoms with Crippen molar-refractivity contribution in [2.75, 3.05) is 33.3 Å². The Labute approximate surface area is 165 Å². The molecule has 0 unspecified atom stereocenters. The van der Waals surface area contributed by atoms with Crippen LogP contribution in [0.2, 0.25) is 0 Å². The Morgan fingerprint density at radius 2 is 1.71 bits per heavy atom. The first-order valence-corrected chi connectivity index (χ1v) is 11.1. The van der Waals surface area contributed by atoms with Crippen LogP contribution in [0.15, 0.2) is 23.1 Å². The molecular formula is C19H27N3O5S. The molecule has 0 saturated carbocycles. The summed E-state index contributed by atoms with van der Waals surface area (Å²) in [4.78, 5) is 26.1. The van der Waals surface area contributed by atoms with Gasteiger partial charge in [-0.15, -0.1) is 0 Å². The van der Waals surface area contributed by atoms with Gasteiger partial charge in [-0.25, -0.2) is 8.42 Å². The summed E-state index contributed by atoms with van der Waals surface area (Å²) in [6.45, 7) is 1.80. The Kier molecular flexibility index (Phi) is 6.24. The standard InChI is InChI=1S/C19H27N3O5S/c1-27-17-6-5-15(13-16(17)19(24)21-9-3-2-4-10-21)28(25,26)22-11-7-14(8-12-22)18(20)23/h5-6,13-14H,2-4,7-12H2,1H3,(H2,20,23). The van der Waals surface area contributed by atoms with Gasteiger partial charge in [0.05, 0.1) is 17.6 Å². The van der Waals surface area contributed by atoms with E-state index in [0.717, 1.165) is 19.3 Å². The molecule has 8 nitrogen and oxygen atoms in total. The highest BCUT2D eigenvalue weighted by Gasteiger charge is 2.32. The van der Waals surface area contributed by atoms with Gasteiger partial charge < -0.3 is 15.4 Å². The van der Waals surface area contributed by atoms with Crippen LogP contribution in [0.3, 0.4) is 0 Å². The molecule has 9 heteroatoms. The molecule has 2 fully saturated rings. The summed E-state index contributed by atoms with van der Waals surface area (Å²) in [5, 5.41) is 0. The first kappa shape index (κ1) is 20.6. The lowest BCUT2D eigenvalue weighted by molar-refractivity contribution is -0.122. The quantitative estimate of drug-likeness (QED) is 0.786. The minimum Gasteiger partial charge on any atom is -0.496 e. The van der Waals surface area contributed by atoms with Crippen molar-refractivity contribution in [3.05, 3.63) is 23.8 Å². The van der Waals surface area contributed by atoms with E-state index in [-0.39, 0.29) is 35.4 Å². The van der Waals surface area contributed by atoms with Crippen LogP contribution in [0.25, 0.3) is 0 Å². The van der Waals surface area contributed by atoms with Gasteiger partial charge in [-0.3, -0.25) is 9.59 Å². The highest BCUT2D eigenvalue weighted by atomic mass is 32.2. The first-order valence-electron chi connectivity index (χ1n) is 9.61. The molecule has 1 aromatic carbocycles. The fraction of sp³-hybridized carbons (Fsp3) is 0.579. The largest absolute Gasteiger partial charge is 0.496 e. The number of benzene rings is 1. The molecule has 2 amide bonds. The van der Waals surface area contributed by atoms with E-state index < -0.39 is 15.9 Å². The normalized spacial score (nSPS) is 19.4. The lowest BCUT2D eigenvalue weighted by atomic mass is 9.98. The molecule has 0 aliphatic carbocycles. The van der Waals surface area contributed by atoms with Gasteiger partial charge in [0.1, 0.15) is 5.75 Å². The van der Waals surface area contributed by atoms with E-state index in [2.05, 4.69) is 0 Å². The van der Waals surface area contributed by atoms with Crippen LogP contribution in [0, 0.1) is 5.92 Å². The maximum absolute atomic E-state index is 13.1. The second-order valence-corrected chi connectivity index (χ2v) is 9.23. The number of hydrogen-bond acceptors (Lipinski definition) is 5. The van der Waals surface area contributed by atoms with Crippen LogP contribution >= 0.6 is 0 Å². The van der Waals surface area contributed by atoms with Gasteiger partial charge >= 0.3 is 0 Å². The number of nitrogens with zero attached hydrogens (tertiary/aromatic N) is 2. The second-order valence-electron chi connectivity index (χ2n) is 7.30. The SMILES string of the molecule is COc1ccc(S(=O)(=O)N2CCC(C(N)=O)CC2)cc1C(=O)N1CCCCC1. The third kappa shape index (κ3) is 4.15. The van der Waals surface area contributed by atoms with Crippen molar-refractivity contribution in [1.82, 2.24) is 9.21 Å². The van der Waals surface area contributed by atoms with Gasteiger partial charge in [-0.05, 0) is 50.3 Å². The van der Waals surface area contributed by atoms with E-state index in [1.54, 1.807) is 4.90 Å². The number of piperidine rings is 2. The molecule has 0 radical (unpaired) electrons. The zero-order chi connectivity index (χ0) is 20.3. The predicted molar refractivity (Wildman–Crippen MR) is 103 cm³/mol. The van der Waals surface area contributed by atoms with Crippen molar-refractivity contribution < 1.29 is 22.7 Å². The zero-order valence-electron chi connectivity index (χ0n) is 16.1. The minimum absolute atomic E-state index is 0.0613. The van der Waals surface area contributed by atoms with Crippen LogP contribution < -0.4 is 10.5 Å².